The van der Waals surface area contributed by atoms with Crippen LogP contribution in [0.2, 0.25) is 0 Å². The Labute approximate surface area is 180 Å². The molecule has 0 spiro atoms. The van der Waals surface area contributed by atoms with Crippen LogP contribution in [0.1, 0.15) is 33.3 Å². The molecule has 0 unspecified atom stereocenters. The summed E-state index contributed by atoms with van der Waals surface area (Å²) in [5.74, 6) is 0.879. The number of aromatic nitrogens is 3. The van der Waals surface area contributed by atoms with Gasteiger partial charge in [0, 0.05) is 28.9 Å². The molecule has 0 saturated carbocycles. The molecule has 7 heteroatoms. The Morgan fingerprint density at radius 2 is 1.97 bits per heavy atom. The maximum absolute atomic E-state index is 12.7. The second kappa shape index (κ2) is 7.83. The molecule has 2 aromatic carbocycles. The molecular formula is C24H26N4O3. The molecule has 2 aromatic heterocycles. The number of anilines is 2. The van der Waals surface area contributed by atoms with Gasteiger partial charge in [-0.3, -0.25) is 9.67 Å². The van der Waals surface area contributed by atoms with Gasteiger partial charge in [0.15, 0.2) is 5.82 Å². The van der Waals surface area contributed by atoms with Crippen LogP contribution in [0.25, 0.3) is 22.2 Å². The van der Waals surface area contributed by atoms with Crippen LogP contribution in [0.5, 0.6) is 5.75 Å². The van der Waals surface area contributed by atoms with Gasteiger partial charge in [0.2, 0.25) is 0 Å². The van der Waals surface area contributed by atoms with E-state index in [1.165, 1.54) is 4.57 Å². The zero-order chi connectivity index (χ0) is 22.2. The van der Waals surface area contributed by atoms with Crippen molar-refractivity contribution in [2.24, 2.45) is 0 Å². The summed E-state index contributed by atoms with van der Waals surface area (Å²) in [4.78, 5) is 12.7. The maximum Gasteiger partial charge on any atom is 0.419 e. The van der Waals surface area contributed by atoms with Crippen LogP contribution in [-0.4, -0.2) is 31.6 Å². The van der Waals surface area contributed by atoms with Crippen molar-refractivity contribution in [2.75, 3.05) is 5.32 Å². The van der Waals surface area contributed by atoms with E-state index in [0.29, 0.717) is 5.82 Å². The van der Waals surface area contributed by atoms with Crippen LogP contribution in [0.4, 0.5) is 16.3 Å². The number of phenolic OH excluding ortho intramolecular Hbond substituents is 1. The first kappa shape index (κ1) is 20.5. The zero-order valence-corrected chi connectivity index (χ0v) is 18.1. The van der Waals surface area contributed by atoms with E-state index in [1.807, 2.05) is 64.1 Å². The molecular weight excluding hydrogens is 392 g/mol. The predicted molar refractivity (Wildman–Crippen MR) is 122 cm³/mol. The van der Waals surface area contributed by atoms with Gasteiger partial charge in [-0.05, 0) is 57.0 Å². The second-order valence-electron chi connectivity index (χ2n) is 8.40. The van der Waals surface area contributed by atoms with E-state index < -0.39 is 11.7 Å². The lowest BCUT2D eigenvalue weighted by atomic mass is 10.1. The van der Waals surface area contributed by atoms with Gasteiger partial charge >= 0.3 is 6.09 Å². The summed E-state index contributed by atoms with van der Waals surface area (Å²) < 4.78 is 7.09. The highest BCUT2D eigenvalue weighted by molar-refractivity contribution is 6.00. The quantitative estimate of drug-likeness (QED) is 0.363. The topological polar surface area (TPSA) is 92.2 Å². The molecule has 0 aliphatic rings. The zero-order valence-electron chi connectivity index (χ0n) is 18.1. The molecule has 2 heterocycles. The van der Waals surface area contributed by atoms with Crippen LogP contribution in [0, 0.1) is 0 Å². The minimum absolute atomic E-state index is 0.236. The first-order chi connectivity index (χ1) is 14.7. The molecule has 0 atom stereocenters. The number of rotatable bonds is 4. The van der Waals surface area contributed by atoms with Crippen molar-refractivity contribution in [1.29, 1.82) is 0 Å². The van der Waals surface area contributed by atoms with Gasteiger partial charge in [0.1, 0.15) is 11.4 Å². The lowest BCUT2D eigenvalue weighted by Gasteiger charge is -2.19. The first-order valence-corrected chi connectivity index (χ1v) is 10.2. The van der Waals surface area contributed by atoms with Crippen molar-refractivity contribution >= 4 is 28.5 Å². The summed E-state index contributed by atoms with van der Waals surface area (Å²) in [5.41, 5.74) is 3.68. The number of nitrogens with zero attached hydrogens (tertiary/aromatic N) is 2. The average Bonchev–Trinajstić information content (AvgIpc) is 3.32. The standard InChI is InChI=1S/C24H26N4O3/c1-5-15-12-16(29)10-11-19(15)25-22-13-20(26-27-22)18-14-28(23(30)31-24(2,3)4)21-9-7-6-8-17(18)21/h6-14,29H,5H2,1-4H3,(H2,25,26,27). The molecule has 0 saturated heterocycles. The minimum atomic E-state index is -0.588. The fourth-order valence-electron chi connectivity index (χ4n) is 3.51. The van der Waals surface area contributed by atoms with Gasteiger partial charge in [0.05, 0.1) is 11.2 Å². The van der Waals surface area contributed by atoms with Crippen molar-refractivity contribution < 1.29 is 14.6 Å². The van der Waals surface area contributed by atoms with E-state index in [9.17, 15) is 9.90 Å². The Balaban J connectivity index is 1.69. The summed E-state index contributed by atoms with van der Waals surface area (Å²) >= 11 is 0. The SMILES string of the molecule is CCc1cc(O)ccc1Nc1cc(-c2cn(C(=O)OC(C)(C)C)c3ccccc23)[nH]n1. The first-order valence-electron chi connectivity index (χ1n) is 10.2. The summed E-state index contributed by atoms with van der Waals surface area (Å²) in [6, 6.07) is 14.8. The number of benzene rings is 2. The summed E-state index contributed by atoms with van der Waals surface area (Å²) in [7, 11) is 0. The van der Waals surface area contributed by atoms with E-state index in [1.54, 1.807) is 18.3 Å². The molecule has 0 fully saturated rings. The molecule has 31 heavy (non-hydrogen) atoms. The molecule has 3 N–H and O–H groups in total. The summed E-state index contributed by atoms with van der Waals surface area (Å²) in [6.07, 6.45) is 2.12. The number of para-hydroxylation sites is 1. The number of fused-ring (bicyclic) bond motifs is 1. The number of hydrogen-bond donors (Lipinski definition) is 3. The van der Waals surface area contributed by atoms with E-state index in [2.05, 4.69) is 15.5 Å². The van der Waals surface area contributed by atoms with Crippen LogP contribution in [0.3, 0.4) is 0 Å². The third-order valence-corrected chi connectivity index (χ3v) is 4.90. The molecule has 0 radical (unpaired) electrons. The maximum atomic E-state index is 12.7. The van der Waals surface area contributed by atoms with Crippen molar-refractivity contribution in [3.8, 4) is 17.0 Å². The third kappa shape index (κ3) is 4.26. The van der Waals surface area contributed by atoms with Crippen LogP contribution < -0.4 is 5.32 Å². The molecule has 4 aromatic rings. The van der Waals surface area contributed by atoms with Crippen molar-refractivity contribution in [3.05, 3.63) is 60.3 Å². The largest absolute Gasteiger partial charge is 0.508 e. The van der Waals surface area contributed by atoms with Crippen molar-refractivity contribution in [3.63, 3.8) is 0 Å². The van der Waals surface area contributed by atoms with Crippen molar-refractivity contribution in [1.82, 2.24) is 14.8 Å². The number of H-pyrrole nitrogens is 1. The fraction of sp³-hybridized carbons (Fsp3) is 0.250. The monoisotopic (exact) mass is 418 g/mol. The number of hydrogen-bond acceptors (Lipinski definition) is 5. The Kier molecular flexibility index (Phi) is 5.19. The number of nitrogens with one attached hydrogen (secondary N) is 2. The number of aromatic amines is 1. The fourth-order valence-corrected chi connectivity index (χ4v) is 3.51. The van der Waals surface area contributed by atoms with Crippen LogP contribution in [0.15, 0.2) is 54.7 Å². The van der Waals surface area contributed by atoms with Gasteiger partial charge in [-0.15, -0.1) is 0 Å². The Bertz CT molecular complexity index is 1250. The second-order valence-corrected chi connectivity index (χ2v) is 8.40. The number of carbonyl (C=O) groups excluding carboxylic acids is 1. The minimum Gasteiger partial charge on any atom is -0.508 e. The molecule has 160 valence electrons. The Hall–Kier alpha value is -3.74. The molecule has 0 amide bonds. The predicted octanol–water partition coefficient (Wildman–Crippen LogP) is 5.83. The van der Waals surface area contributed by atoms with Crippen LogP contribution >= 0.6 is 0 Å². The number of phenols is 1. The Morgan fingerprint density at radius 3 is 2.71 bits per heavy atom. The van der Waals surface area contributed by atoms with E-state index in [0.717, 1.165) is 39.8 Å². The third-order valence-electron chi connectivity index (χ3n) is 4.90. The lowest BCUT2D eigenvalue weighted by molar-refractivity contribution is 0.0544. The molecule has 0 bridgehead atoms. The summed E-state index contributed by atoms with van der Waals surface area (Å²) in [6.45, 7) is 7.57. The Morgan fingerprint density at radius 1 is 1.19 bits per heavy atom. The van der Waals surface area contributed by atoms with E-state index >= 15 is 0 Å². The highest BCUT2D eigenvalue weighted by atomic mass is 16.6. The number of carbonyl (C=O) groups is 1. The number of aromatic hydroxyl groups is 1. The van der Waals surface area contributed by atoms with Crippen molar-refractivity contribution in [2.45, 2.75) is 39.7 Å². The highest BCUT2D eigenvalue weighted by Gasteiger charge is 2.21. The number of aryl methyl sites for hydroxylation is 1. The molecule has 4 rings (SSSR count). The van der Waals surface area contributed by atoms with Gasteiger partial charge in [0.25, 0.3) is 0 Å². The van der Waals surface area contributed by atoms with Gasteiger partial charge < -0.3 is 15.2 Å². The van der Waals surface area contributed by atoms with E-state index in [-0.39, 0.29) is 5.75 Å². The molecule has 0 aliphatic heterocycles. The van der Waals surface area contributed by atoms with Gasteiger partial charge in [-0.25, -0.2) is 4.79 Å². The average molecular weight is 418 g/mol. The van der Waals surface area contributed by atoms with Crippen LogP contribution in [-0.2, 0) is 11.2 Å². The number of ether oxygens (including phenoxy) is 1. The molecule has 7 nitrogen and oxygen atoms in total. The smallest absolute Gasteiger partial charge is 0.419 e. The summed E-state index contributed by atoms with van der Waals surface area (Å²) in [5, 5.41) is 21.4. The molecule has 0 aliphatic carbocycles. The normalized spacial score (nSPS) is 11.6. The van der Waals surface area contributed by atoms with E-state index in [4.69, 9.17) is 4.74 Å². The highest BCUT2D eigenvalue weighted by Crippen LogP contribution is 2.32. The van der Waals surface area contributed by atoms with Gasteiger partial charge in [-0.2, -0.15) is 5.10 Å². The lowest BCUT2D eigenvalue weighted by Crippen LogP contribution is -2.26. The van der Waals surface area contributed by atoms with Gasteiger partial charge in [-0.1, -0.05) is 25.1 Å².